The second-order valence-electron chi connectivity index (χ2n) is 8.78. The molecular formula is C23H34N8O. The van der Waals surface area contributed by atoms with E-state index in [0.29, 0.717) is 35.5 Å². The Hall–Kier alpha value is -2.94. The van der Waals surface area contributed by atoms with Gasteiger partial charge in [0.05, 0.1) is 35.4 Å². The lowest BCUT2D eigenvalue weighted by Crippen LogP contribution is -2.32. The largest absolute Gasteiger partial charge is 0.489 e. The zero-order valence-corrected chi connectivity index (χ0v) is 19.0. The van der Waals surface area contributed by atoms with Gasteiger partial charge in [-0.15, -0.1) is 0 Å². The molecule has 2 heterocycles. The summed E-state index contributed by atoms with van der Waals surface area (Å²) < 4.78 is 6.19. The number of rotatable bonds is 8. The van der Waals surface area contributed by atoms with E-state index >= 15 is 0 Å². The molecule has 2 saturated carbocycles. The van der Waals surface area contributed by atoms with Crippen molar-refractivity contribution in [3.8, 4) is 5.75 Å². The maximum Gasteiger partial charge on any atom is 0.226 e. The van der Waals surface area contributed by atoms with Crippen molar-refractivity contribution in [1.82, 2.24) is 24.9 Å². The van der Waals surface area contributed by atoms with Gasteiger partial charge in [0.2, 0.25) is 5.95 Å². The van der Waals surface area contributed by atoms with Gasteiger partial charge in [0.1, 0.15) is 17.9 Å². The van der Waals surface area contributed by atoms with Crippen molar-refractivity contribution >= 4 is 11.6 Å². The van der Waals surface area contributed by atoms with Crippen LogP contribution in [0.5, 0.6) is 5.75 Å². The van der Waals surface area contributed by atoms with Gasteiger partial charge in [0, 0.05) is 13.0 Å². The second-order valence-corrected chi connectivity index (χ2v) is 8.78. The molecule has 2 aromatic rings. The maximum absolute atomic E-state index is 6.48. The third-order valence-electron chi connectivity index (χ3n) is 6.37. The maximum atomic E-state index is 6.48. The van der Waals surface area contributed by atoms with Gasteiger partial charge in [-0.25, -0.2) is 20.8 Å². The Kier molecular flexibility index (Phi) is 7.04. The Morgan fingerprint density at radius 3 is 2.53 bits per heavy atom. The molecule has 5 N–H and O–H groups in total. The Labute approximate surface area is 189 Å². The van der Waals surface area contributed by atoms with Crippen molar-refractivity contribution in [3.05, 3.63) is 41.4 Å². The summed E-state index contributed by atoms with van der Waals surface area (Å²) in [5.41, 5.74) is 9.17. The number of aryl methyl sites for hydroxylation is 1. The summed E-state index contributed by atoms with van der Waals surface area (Å²) in [5, 5.41) is 4.73. The van der Waals surface area contributed by atoms with Crippen LogP contribution in [-0.4, -0.2) is 44.6 Å². The number of likely N-dealkylation sites (N-methyl/N-ethyl adjacent to an activating group) is 1. The molecule has 2 aliphatic rings. The lowest BCUT2D eigenvalue weighted by Gasteiger charge is -2.24. The number of pyridine rings is 1. The predicted octanol–water partition coefficient (Wildman–Crippen LogP) is 3.10. The SMILES string of the molecule is Cc1nc(/C(N)=C(\CNc2ncnc(C3CCC3)n2)N(C)N)ccc1OC1CCCCC1. The van der Waals surface area contributed by atoms with Gasteiger partial charge in [-0.1, -0.05) is 12.8 Å². The molecule has 0 amide bonds. The monoisotopic (exact) mass is 438 g/mol. The summed E-state index contributed by atoms with van der Waals surface area (Å²) in [7, 11) is 1.75. The third-order valence-corrected chi connectivity index (χ3v) is 6.37. The molecule has 0 unspecified atom stereocenters. The van der Waals surface area contributed by atoms with Crippen LogP contribution in [0.1, 0.15) is 74.5 Å². The molecule has 0 saturated heterocycles. The number of nitrogens with zero attached hydrogens (tertiary/aromatic N) is 5. The molecule has 2 aromatic heterocycles. The van der Waals surface area contributed by atoms with Gasteiger partial charge in [0.25, 0.3) is 0 Å². The summed E-state index contributed by atoms with van der Waals surface area (Å²) in [5.74, 6) is 8.72. The molecule has 0 aromatic carbocycles. The Morgan fingerprint density at radius 2 is 1.88 bits per heavy atom. The number of hydrogen-bond donors (Lipinski definition) is 3. The molecule has 0 aliphatic heterocycles. The summed E-state index contributed by atoms with van der Waals surface area (Å²) in [6.07, 6.45) is 11.3. The molecule has 172 valence electrons. The first kappa shape index (κ1) is 22.3. The average molecular weight is 439 g/mol. The molecular weight excluding hydrogens is 404 g/mol. The minimum atomic E-state index is 0.281. The van der Waals surface area contributed by atoms with Crippen molar-refractivity contribution in [1.29, 1.82) is 0 Å². The van der Waals surface area contributed by atoms with E-state index in [4.69, 9.17) is 21.3 Å². The van der Waals surface area contributed by atoms with Crippen LogP contribution in [0, 0.1) is 6.92 Å². The van der Waals surface area contributed by atoms with Crippen LogP contribution < -0.4 is 21.6 Å². The molecule has 9 heteroatoms. The second kappa shape index (κ2) is 10.1. The smallest absolute Gasteiger partial charge is 0.226 e. The minimum Gasteiger partial charge on any atom is -0.489 e. The number of ether oxygens (including phenoxy) is 1. The van der Waals surface area contributed by atoms with Crippen molar-refractivity contribution in [3.63, 3.8) is 0 Å². The first-order valence-corrected chi connectivity index (χ1v) is 11.6. The lowest BCUT2D eigenvalue weighted by molar-refractivity contribution is 0.153. The van der Waals surface area contributed by atoms with Crippen LogP contribution in [-0.2, 0) is 0 Å². The predicted molar refractivity (Wildman–Crippen MR) is 124 cm³/mol. The minimum absolute atomic E-state index is 0.281. The summed E-state index contributed by atoms with van der Waals surface area (Å²) >= 11 is 0. The van der Waals surface area contributed by atoms with Crippen LogP contribution >= 0.6 is 0 Å². The highest BCUT2D eigenvalue weighted by molar-refractivity contribution is 5.64. The fourth-order valence-electron chi connectivity index (χ4n) is 4.16. The average Bonchev–Trinajstić information content (AvgIpc) is 2.75. The van der Waals surface area contributed by atoms with Crippen LogP contribution in [0.2, 0.25) is 0 Å². The molecule has 0 bridgehead atoms. The Balaban J connectivity index is 1.47. The molecule has 2 aliphatic carbocycles. The molecule has 0 radical (unpaired) electrons. The fourth-order valence-corrected chi connectivity index (χ4v) is 4.16. The number of aromatic nitrogens is 4. The van der Waals surface area contributed by atoms with Gasteiger partial charge in [-0.05, 0) is 57.6 Å². The van der Waals surface area contributed by atoms with Crippen molar-refractivity contribution < 1.29 is 4.74 Å². The highest BCUT2D eigenvalue weighted by Crippen LogP contribution is 2.34. The van der Waals surface area contributed by atoms with Gasteiger partial charge in [0.15, 0.2) is 0 Å². The molecule has 4 rings (SSSR count). The molecule has 32 heavy (non-hydrogen) atoms. The van der Waals surface area contributed by atoms with E-state index < -0.39 is 0 Å². The van der Waals surface area contributed by atoms with E-state index in [1.54, 1.807) is 13.4 Å². The Bertz CT molecular complexity index is 951. The van der Waals surface area contributed by atoms with E-state index in [1.165, 1.54) is 30.7 Å². The first-order valence-electron chi connectivity index (χ1n) is 11.6. The number of hydrazine groups is 1. The molecule has 0 atom stereocenters. The summed E-state index contributed by atoms with van der Waals surface area (Å²) in [6, 6.07) is 3.85. The molecule has 0 spiro atoms. The number of hydrogen-bond acceptors (Lipinski definition) is 9. The quantitative estimate of drug-likeness (QED) is 0.420. The first-order chi connectivity index (χ1) is 15.5. The molecule has 9 nitrogen and oxygen atoms in total. The van der Waals surface area contributed by atoms with E-state index in [0.717, 1.165) is 43.0 Å². The molecule has 2 fully saturated rings. The van der Waals surface area contributed by atoms with E-state index in [-0.39, 0.29) is 6.10 Å². The highest BCUT2D eigenvalue weighted by atomic mass is 16.5. The highest BCUT2D eigenvalue weighted by Gasteiger charge is 2.23. The van der Waals surface area contributed by atoms with Crippen molar-refractivity contribution in [2.24, 2.45) is 11.6 Å². The zero-order valence-electron chi connectivity index (χ0n) is 19.0. The van der Waals surface area contributed by atoms with E-state index in [2.05, 4.69) is 20.3 Å². The van der Waals surface area contributed by atoms with Gasteiger partial charge in [-0.3, -0.25) is 0 Å². The van der Waals surface area contributed by atoms with Crippen molar-refractivity contribution in [2.45, 2.75) is 70.3 Å². The number of nitrogens with two attached hydrogens (primary N) is 2. The summed E-state index contributed by atoms with van der Waals surface area (Å²) in [4.78, 5) is 17.8. The van der Waals surface area contributed by atoms with Crippen LogP contribution in [0.4, 0.5) is 5.95 Å². The lowest BCUT2D eigenvalue weighted by atomic mass is 9.85. The normalized spacial score (nSPS) is 18.0. The van der Waals surface area contributed by atoms with E-state index in [1.807, 2.05) is 19.1 Å². The zero-order chi connectivity index (χ0) is 22.5. The number of anilines is 1. The van der Waals surface area contributed by atoms with Gasteiger partial charge in [-0.2, -0.15) is 4.98 Å². The fraction of sp³-hybridized carbons (Fsp3) is 0.565. The standard InChI is InChI=1S/C23H34N8O/c1-15-20(32-17-9-4-3-5-10-17)12-11-18(29-15)21(24)19(31(2)25)13-26-23-28-14-27-22(30-23)16-7-6-8-16/h11-12,14,16-17H,3-10,13,24-25H2,1-2H3,(H,26,27,28,30)/b21-19-. The van der Waals surface area contributed by atoms with Gasteiger partial charge >= 0.3 is 0 Å². The van der Waals surface area contributed by atoms with Crippen LogP contribution in [0.15, 0.2) is 24.2 Å². The summed E-state index contributed by atoms with van der Waals surface area (Å²) in [6.45, 7) is 2.32. The number of nitrogens with one attached hydrogen (secondary N) is 1. The van der Waals surface area contributed by atoms with E-state index in [9.17, 15) is 0 Å². The Morgan fingerprint density at radius 1 is 1.09 bits per heavy atom. The third kappa shape index (κ3) is 5.27. The van der Waals surface area contributed by atoms with Crippen molar-refractivity contribution in [2.75, 3.05) is 18.9 Å². The van der Waals surface area contributed by atoms with Crippen LogP contribution in [0.3, 0.4) is 0 Å². The van der Waals surface area contributed by atoms with Gasteiger partial charge < -0.3 is 20.8 Å². The van der Waals surface area contributed by atoms with Crippen LogP contribution in [0.25, 0.3) is 5.70 Å². The topological polar surface area (TPSA) is 128 Å².